The number of nitrogens with one attached hydrogen (secondary N) is 1. The fraction of sp³-hybridized carbons (Fsp3) is 0.500. The van der Waals surface area contributed by atoms with E-state index in [4.69, 9.17) is 5.11 Å². The molecule has 13 heavy (non-hydrogen) atoms. The van der Waals surface area contributed by atoms with Crippen LogP contribution in [0.2, 0.25) is 0 Å². The lowest BCUT2D eigenvalue weighted by molar-refractivity contribution is -0.133. The minimum Gasteiger partial charge on any atom is -0.478 e. The van der Waals surface area contributed by atoms with E-state index in [2.05, 4.69) is 21.2 Å². The highest BCUT2D eigenvalue weighted by molar-refractivity contribution is 9.12. The number of halogens is 1. The molecule has 0 bridgehead atoms. The second kappa shape index (κ2) is 5.01. The van der Waals surface area contributed by atoms with Gasteiger partial charge < -0.3 is 10.4 Å². The molecule has 2 N–H and O–H groups in total. The maximum absolute atomic E-state index is 11.2. The summed E-state index contributed by atoms with van der Waals surface area (Å²) in [5.41, 5.74) is -0.00171. The molecule has 0 aliphatic rings. The Labute approximate surface area is 85.1 Å². The first-order chi connectivity index (χ1) is 5.86. The number of hydrogen-bond donors (Lipinski definition) is 2. The molecule has 74 valence electrons. The van der Waals surface area contributed by atoms with Gasteiger partial charge in [-0.1, -0.05) is 0 Å². The van der Waals surface area contributed by atoms with Gasteiger partial charge >= 0.3 is 5.97 Å². The van der Waals surface area contributed by atoms with Gasteiger partial charge in [0.1, 0.15) is 0 Å². The van der Waals surface area contributed by atoms with Crippen LogP contribution < -0.4 is 5.32 Å². The molecule has 0 aromatic rings. The number of carbonyl (C=O) groups is 2. The third kappa shape index (κ3) is 4.07. The molecular weight excluding hydrogens is 238 g/mol. The minimum absolute atomic E-state index is 0.00171. The summed E-state index contributed by atoms with van der Waals surface area (Å²) in [6.07, 6.45) is 0. The van der Waals surface area contributed by atoms with Crippen LogP contribution in [0.15, 0.2) is 10.1 Å². The Hall–Kier alpha value is -0.840. The monoisotopic (exact) mass is 249 g/mol. The summed E-state index contributed by atoms with van der Waals surface area (Å²) < 4.78 is 0.0636. The van der Waals surface area contributed by atoms with Crippen molar-refractivity contribution in [2.24, 2.45) is 0 Å². The molecule has 4 nitrogen and oxygen atoms in total. The zero-order valence-corrected chi connectivity index (χ0v) is 9.31. The fourth-order valence-corrected chi connectivity index (χ4v) is 0.874. The standard InChI is InChI=1S/C8H12BrNO3/c1-4(2)10-7(11)6(9)5(3)8(12)13/h4H,1-3H3,(H,10,11)(H,12,13)/b6-5+. The first-order valence-electron chi connectivity index (χ1n) is 3.76. The highest BCUT2D eigenvalue weighted by atomic mass is 79.9. The van der Waals surface area contributed by atoms with Gasteiger partial charge in [0.25, 0.3) is 5.91 Å². The number of carboxylic acids is 1. The van der Waals surface area contributed by atoms with E-state index in [1.807, 2.05) is 0 Å². The quantitative estimate of drug-likeness (QED) is 0.741. The van der Waals surface area contributed by atoms with E-state index in [0.29, 0.717) is 0 Å². The van der Waals surface area contributed by atoms with Crippen molar-refractivity contribution in [3.63, 3.8) is 0 Å². The van der Waals surface area contributed by atoms with Crippen LogP contribution in [-0.4, -0.2) is 23.0 Å². The fourth-order valence-electron chi connectivity index (χ4n) is 0.590. The van der Waals surface area contributed by atoms with Crippen molar-refractivity contribution in [3.8, 4) is 0 Å². The Morgan fingerprint density at radius 2 is 1.85 bits per heavy atom. The molecule has 0 aromatic heterocycles. The van der Waals surface area contributed by atoms with Crippen molar-refractivity contribution in [1.82, 2.24) is 5.32 Å². The number of carboxylic acid groups (broad SMARTS) is 1. The minimum atomic E-state index is -1.11. The third-order valence-corrected chi connectivity index (χ3v) is 2.22. The van der Waals surface area contributed by atoms with E-state index < -0.39 is 11.9 Å². The van der Waals surface area contributed by atoms with Gasteiger partial charge in [-0.05, 0) is 36.7 Å². The number of hydrogen-bond acceptors (Lipinski definition) is 2. The molecule has 0 heterocycles. The molecule has 0 aromatic carbocycles. The average Bonchev–Trinajstić information content (AvgIpc) is 2.00. The lowest BCUT2D eigenvalue weighted by Gasteiger charge is -2.08. The molecular formula is C8H12BrNO3. The normalized spacial score (nSPS) is 12.4. The van der Waals surface area contributed by atoms with E-state index in [0.717, 1.165) is 0 Å². The molecule has 0 rings (SSSR count). The number of carbonyl (C=O) groups excluding carboxylic acids is 1. The summed E-state index contributed by atoms with van der Waals surface area (Å²) in [5, 5.41) is 11.1. The highest BCUT2D eigenvalue weighted by Crippen LogP contribution is 2.12. The largest absolute Gasteiger partial charge is 0.478 e. The van der Waals surface area contributed by atoms with Crippen molar-refractivity contribution in [3.05, 3.63) is 10.1 Å². The second-order valence-electron chi connectivity index (χ2n) is 2.87. The zero-order chi connectivity index (χ0) is 10.6. The van der Waals surface area contributed by atoms with Crippen molar-refractivity contribution in [2.45, 2.75) is 26.8 Å². The summed E-state index contributed by atoms with van der Waals surface area (Å²) in [7, 11) is 0. The van der Waals surface area contributed by atoms with Crippen LogP contribution in [0.25, 0.3) is 0 Å². The van der Waals surface area contributed by atoms with Gasteiger partial charge in [0.2, 0.25) is 0 Å². The Morgan fingerprint density at radius 1 is 1.38 bits per heavy atom. The van der Waals surface area contributed by atoms with Gasteiger partial charge in [0.15, 0.2) is 0 Å². The first kappa shape index (κ1) is 12.2. The topological polar surface area (TPSA) is 66.4 Å². The Balaban J connectivity index is 4.59. The van der Waals surface area contributed by atoms with E-state index in [1.165, 1.54) is 6.92 Å². The van der Waals surface area contributed by atoms with E-state index in [1.54, 1.807) is 13.8 Å². The second-order valence-corrected chi connectivity index (χ2v) is 3.67. The Bertz CT molecular complexity index is 258. The van der Waals surface area contributed by atoms with Gasteiger partial charge in [0.05, 0.1) is 10.1 Å². The smallest absolute Gasteiger partial charge is 0.332 e. The van der Waals surface area contributed by atoms with E-state index in [-0.39, 0.29) is 16.1 Å². The van der Waals surface area contributed by atoms with E-state index in [9.17, 15) is 9.59 Å². The van der Waals surface area contributed by atoms with Gasteiger partial charge in [-0.25, -0.2) is 4.79 Å². The first-order valence-corrected chi connectivity index (χ1v) is 4.56. The highest BCUT2D eigenvalue weighted by Gasteiger charge is 2.14. The van der Waals surface area contributed by atoms with Crippen LogP contribution in [0.4, 0.5) is 0 Å². The summed E-state index contributed by atoms with van der Waals surface area (Å²) in [5.74, 6) is -1.51. The number of rotatable bonds is 3. The van der Waals surface area contributed by atoms with Gasteiger partial charge in [-0.3, -0.25) is 4.79 Å². The molecule has 0 fully saturated rings. The molecule has 1 amide bonds. The summed E-state index contributed by atoms with van der Waals surface area (Å²) in [6, 6.07) is -0.0124. The summed E-state index contributed by atoms with van der Waals surface area (Å²) in [4.78, 5) is 21.7. The lowest BCUT2D eigenvalue weighted by atomic mass is 10.2. The molecule has 0 atom stereocenters. The lowest BCUT2D eigenvalue weighted by Crippen LogP contribution is -2.30. The third-order valence-electron chi connectivity index (χ3n) is 1.27. The number of amides is 1. The van der Waals surface area contributed by atoms with Crippen molar-refractivity contribution < 1.29 is 14.7 Å². The van der Waals surface area contributed by atoms with Gasteiger partial charge in [-0.15, -0.1) is 0 Å². The number of aliphatic carboxylic acids is 1. The maximum atomic E-state index is 11.2. The molecule has 0 radical (unpaired) electrons. The molecule has 0 aliphatic heterocycles. The van der Waals surface area contributed by atoms with Crippen molar-refractivity contribution in [1.29, 1.82) is 0 Å². The predicted octanol–water partition coefficient (Wildman–Crippen LogP) is 1.26. The van der Waals surface area contributed by atoms with Gasteiger partial charge in [0, 0.05) is 6.04 Å². The molecule has 0 saturated heterocycles. The summed E-state index contributed by atoms with van der Waals surface area (Å²) in [6.45, 7) is 4.97. The average molecular weight is 250 g/mol. The van der Waals surface area contributed by atoms with Crippen LogP contribution in [0.5, 0.6) is 0 Å². The summed E-state index contributed by atoms with van der Waals surface area (Å²) >= 11 is 2.92. The SMILES string of the molecule is C/C(C(=O)O)=C(\Br)C(=O)NC(C)C. The Morgan fingerprint density at radius 3 is 2.15 bits per heavy atom. The molecule has 0 aliphatic carbocycles. The van der Waals surface area contributed by atoms with Crippen LogP contribution in [0, 0.1) is 0 Å². The Kier molecular flexibility index (Phi) is 4.69. The molecule has 0 spiro atoms. The van der Waals surface area contributed by atoms with Crippen LogP contribution in [0.1, 0.15) is 20.8 Å². The van der Waals surface area contributed by atoms with Crippen molar-refractivity contribution in [2.75, 3.05) is 0 Å². The van der Waals surface area contributed by atoms with Crippen LogP contribution in [0.3, 0.4) is 0 Å². The molecule has 5 heteroatoms. The van der Waals surface area contributed by atoms with Gasteiger partial charge in [-0.2, -0.15) is 0 Å². The van der Waals surface area contributed by atoms with Crippen molar-refractivity contribution >= 4 is 27.8 Å². The zero-order valence-electron chi connectivity index (χ0n) is 7.72. The van der Waals surface area contributed by atoms with Crippen LogP contribution >= 0.6 is 15.9 Å². The maximum Gasteiger partial charge on any atom is 0.332 e. The molecule has 0 unspecified atom stereocenters. The predicted molar refractivity (Wildman–Crippen MR) is 52.5 cm³/mol. The van der Waals surface area contributed by atoms with E-state index >= 15 is 0 Å². The molecule has 0 saturated carbocycles. The van der Waals surface area contributed by atoms with Crippen LogP contribution in [-0.2, 0) is 9.59 Å².